The fraction of sp³-hybridized carbons (Fsp3) is 0.333. The average Bonchev–Trinajstić information content (AvgIpc) is 2.37. The SMILES string of the molecule is CCc1ccc(-c2cc(=O)[nH]c(C(C)C)n2)cc1N. The van der Waals surface area contributed by atoms with Crippen molar-refractivity contribution in [1.82, 2.24) is 9.97 Å². The van der Waals surface area contributed by atoms with Crippen LogP contribution in [-0.2, 0) is 6.42 Å². The van der Waals surface area contributed by atoms with Crippen molar-refractivity contribution in [3.05, 3.63) is 46.0 Å². The van der Waals surface area contributed by atoms with Gasteiger partial charge in [0.2, 0.25) is 0 Å². The van der Waals surface area contributed by atoms with Crippen LogP contribution < -0.4 is 11.3 Å². The minimum absolute atomic E-state index is 0.133. The highest BCUT2D eigenvalue weighted by atomic mass is 16.1. The van der Waals surface area contributed by atoms with Crippen molar-refractivity contribution in [3.8, 4) is 11.3 Å². The van der Waals surface area contributed by atoms with E-state index < -0.39 is 0 Å². The molecule has 4 heteroatoms. The molecule has 0 unspecified atom stereocenters. The number of nitrogens with one attached hydrogen (secondary N) is 1. The van der Waals surface area contributed by atoms with E-state index in [-0.39, 0.29) is 11.5 Å². The number of nitrogens with two attached hydrogens (primary N) is 1. The Hall–Kier alpha value is -2.10. The van der Waals surface area contributed by atoms with Crippen LogP contribution in [0.5, 0.6) is 0 Å². The number of hydrogen-bond donors (Lipinski definition) is 2. The van der Waals surface area contributed by atoms with Gasteiger partial charge in [0.05, 0.1) is 5.69 Å². The van der Waals surface area contributed by atoms with E-state index in [1.54, 1.807) is 0 Å². The van der Waals surface area contributed by atoms with Crippen molar-refractivity contribution in [2.24, 2.45) is 0 Å². The van der Waals surface area contributed by atoms with E-state index in [9.17, 15) is 4.79 Å². The van der Waals surface area contributed by atoms with Gasteiger partial charge < -0.3 is 10.7 Å². The fourth-order valence-corrected chi connectivity index (χ4v) is 1.97. The van der Waals surface area contributed by atoms with Crippen molar-refractivity contribution in [2.45, 2.75) is 33.1 Å². The van der Waals surface area contributed by atoms with E-state index in [4.69, 9.17) is 5.73 Å². The molecule has 0 saturated heterocycles. The molecule has 100 valence electrons. The van der Waals surface area contributed by atoms with Gasteiger partial charge in [-0.2, -0.15) is 0 Å². The van der Waals surface area contributed by atoms with Gasteiger partial charge in [0.1, 0.15) is 5.82 Å². The maximum Gasteiger partial charge on any atom is 0.251 e. The molecule has 0 atom stereocenters. The van der Waals surface area contributed by atoms with Crippen LogP contribution in [0.1, 0.15) is 38.1 Å². The Morgan fingerprint density at radius 1 is 1.32 bits per heavy atom. The van der Waals surface area contributed by atoms with Gasteiger partial charge in [-0.25, -0.2) is 4.98 Å². The number of aromatic nitrogens is 2. The normalized spacial score (nSPS) is 10.9. The molecule has 1 aromatic carbocycles. The molecule has 0 aliphatic carbocycles. The summed E-state index contributed by atoms with van der Waals surface area (Å²) in [4.78, 5) is 18.9. The molecule has 0 spiro atoms. The molecule has 0 fully saturated rings. The summed E-state index contributed by atoms with van der Waals surface area (Å²) in [6.07, 6.45) is 0.895. The quantitative estimate of drug-likeness (QED) is 0.830. The second-order valence-corrected chi connectivity index (χ2v) is 4.94. The lowest BCUT2D eigenvalue weighted by atomic mass is 10.0. The van der Waals surface area contributed by atoms with Crippen molar-refractivity contribution in [1.29, 1.82) is 0 Å². The van der Waals surface area contributed by atoms with Crippen LogP contribution in [0.3, 0.4) is 0 Å². The van der Waals surface area contributed by atoms with Gasteiger partial charge in [-0.05, 0) is 18.1 Å². The van der Waals surface area contributed by atoms with Gasteiger partial charge in [-0.1, -0.05) is 32.9 Å². The Morgan fingerprint density at radius 2 is 2.05 bits per heavy atom. The van der Waals surface area contributed by atoms with Crippen LogP contribution in [0.2, 0.25) is 0 Å². The third kappa shape index (κ3) is 2.84. The summed E-state index contributed by atoms with van der Waals surface area (Å²) in [5.74, 6) is 0.876. The summed E-state index contributed by atoms with van der Waals surface area (Å²) in [5.41, 5.74) is 9.26. The number of hydrogen-bond acceptors (Lipinski definition) is 3. The highest BCUT2D eigenvalue weighted by Crippen LogP contribution is 2.23. The minimum atomic E-state index is -0.133. The molecule has 0 aliphatic heterocycles. The third-order valence-corrected chi connectivity index (χ3v) is 3.13. The van der Waals surface area contributed by atoms with Gasteiger partial charge in [-0.3, -0.25) is 4.79 Å². The number of nitrogens with zero attached hydrogens (tertiary/aromatic N) is 1. The van der Waals surface area contributed by atoms with Crippen molar-refractivity contribution in [3.63, 3.8) is 0 Å². The number of aryl methyl sites for hydroxylation is 1. The Kier molecular flexibility index (Phi) is 3.69. The first-order valence-corrected chi connectivity index (χ1v) is 6.51. The maximum atomic E-state index is 11.7. The Balaban J connectivity index is 2.52. The number of anilines is 1. The van der Waals surface area contributed by atoms with E-state index >= 15 is 0 Å². The predicted octanol–water partition coefficient (Wildman–Crippen LogP) is 2.70. The monoisotopic (exact) mass is 257 g/mol. The second-order valence-electron chi connectivity index (χ2n) is 4.94. The lowest BCUT2D eigenvalue weighted by molar-refractivity contribution is 0.768. The van der Waals surface area contributed by atoms with E-state index in [2.05, 4.69) is 16.9 Å². The van der Waals surface area contributed by atoms with Crippen LogP contribution >= 0.6 is 0 Å². The molecule has 2 rings (SSSR count). The van der Waals surface area contributed by atoms with Gasteiger partial charge in [0.15, 0.2) is 0 Å². The summed E-state index contributed by atoms with van der Waals surface area (Å²) >= 11 is 0. The molecule has 4 nitrogen and oxygen atoms in total. The van der Waals surface area contributed by atoms with E-state index in [1.807, 2.05) is 32.0 Å². The topological polar surface area (TPSA) is 71.8 Å². The van der Waals surface area contributed by atoms with Crippen LogP contribution in [0.15, 0.2) is 29.1 Å². The Morgan fingerprint density at radius 3 is 2.63 bits per heavy atom. The zero-order valence-corrected chi connectivity index (χ0v) is 11.5. The molecule has 0 aliphatic rings. The first-order valence-electron chi connectivity index (χ1n) is 6.51. The highest BCUT2D eigenvalue weighted by Gasteiger charge is 2.08. The molecule has 2 aromatic rings. The molecule has 0 bridgehead atoms. The zero-order valence-electron chi connectivity index (χ0n) is 11.5. The third-order valence-electron chi connectivity index (χ3n) is 3.13. The molecule has 0 amide bonds. The predicted molar refractivity (Wildman–Crippen MR) is 78.2 cm³/mol. The van der Waals surface area contributed by atoms with Gasteiger partial charge in [0, 0.05) is 23.2 Å². The van der Waals surface area contributed by atoms with Crippen molar-refractivity contribution in [2.75, 3.05) is 5.73 Å². The van der Waals surface area contributed by atoms with Crippen LogP contribution in [0.4, 0.5) is 5.69 Å². The summed E-state index contributed by atoms with van der Waals surface area (Å²) in [7, 11) is 0. The second kappa shape index (κ2) is 5.26. The van der Waals surface area contributed by atoms with Crippen molar-refractivity contribution < 1.29 is 0 Å². The van der Waals surface area contributed by atoms with E-state index in [0.717, 1.165) is 23.2 Å². The Bertz CT molecular complexity index is 644. The standard InChI is InChI=1S/C15H19N3O/c1-4-10-5-6-11(7-12(10)16)13-8-14(19)18-15(17-13)9(2)3/h5-9H,4,16H2,1-3H3,(H,17,18,19). The first-order chi connectivity index (χ1) is 9.01. The van der Waals surface area contributed by atoms with Crippen molar-refractivity contribution >= 4 is 5.69 Å². The maximum absolute atomic E-state index is 11.7. The molecule has 3 N–H and O–H groups in total. The van der Waals surface area contributed by atoms with E-state index in [1.165, 1.54) is 6.07 Å². The minimum Gasteiger partial charge on any atom is -0.398 e. The summed E-state index contributed by atoms with van der Waals surface area (Å²) in [5, 5.41) is 0. The Labute approximate surface area is 112 Å². The number of H-pyrrole nitrogens is 1. The summed E-state index contributed by atoms with van der Waals surface area (Å²) in [6, 6.07) is 7.33. The van der Waals surface area contributed by atoms with Crippen LogP contribution in [0.25, 0.3) is 11.3 Å². The van der Waals surface area contributed by atoms with Gasteiger partial charge >= 0.3 is 0 Å². The summed E-state index contributed by atoms with van der Waals surface area (Å²) < 4.78 is 0. The highest BCUT2D eigenvalue weighted by molar-refractivity contribution is 5.66. The van der Waals surface area contributed by atoms with Gasteiger partial charge in [0.25, 0.3) is 5.56 Å². The zero-order chi connectivity index (χ0) is 14.0. The molecule has 1 aromatic heterocycles. The average molecular weight is 257 g/mol. The smallest absolute Gasteiger partial charge is 0.251 e. The number of nitrogen functional groups attached to an aromatic ring is 1. The molecule has 19 heavy (non-hydrogen) atoms. The lowest BCUT2D eigenvalue weighted by Crippen LogP contribution is -2.12. The van der Waals surface area contributed by atoms with Crippen LogP contribution in [-0.4, -0.2) is 9.97 Å². The number of rotatable bonds is 3. The van der Waals surface area contributed by atoms with Crippen LogP contribution in [0, 0.1) is 0 Å². The number of aromatic amines is 1. The fourth-order valence-electron chi connectivity index (χ4n) is 1.97. The summed E-state index contributed by atoms with van der Waals surface area (Å²) in [6.45, 7) is 6.06. The molecular weight excluding hydrogens is 238 g/mol. The largest absolute Gasteiger partial charge is 0.398 e. The molecular formula is C15H19N3O. The molecule has 0 radical (unpaired) electrons. The first kappa shape index (κ1) is 13.3. The molecule has 0 saturated carbocycles. The van der Waals surface area contributed by atoms with Gasteiger partial charge in [-0.15, -0.1) is 0 Å². The number of benzene rings is 1. The molecule has 1 heterocycles. The van der Waals surface area contributed by atoms with E-state index in [0.29, 0.717) is 11.5 Å². The lowest BCUT2D eigenvalue weighted by Gasteiger charge is -2.09.